The lowest BCUT2D eigenvalue weighted by atomic mass is 10.1. The number of nitrogens with zero attached hydrogens (tertiary/aromatic N) is 3. The molecule has 0 atom stereocenters. The molecule has 0 aliphatic rings. The number of carbonyl (C=O) groups excluding carboxylic acids is 1. The van der Waals surface area contributed by atoms with Gasteiger partial charge in [0.15, 0.2) is 11.5 Å². The highest BCUT2D eigenvalue weighted by Crippen LogP contribution is 2.10. The minimum absolute atomic E-state index is 0.120. The first-order valence-corrected chi connectivity index (χ1v) is 5.72. The Balaban J connectivity index is 2.21. The molecule has 0 radical (unpaired) electrons. The van der Waals surface area contributed by atoms with Gasteiger partial charge in [-0.1, -0.05) is 17.3 Å². The highest BCUT2D eigenvalue weighted by atomic mass is 16.4. The molecule has 0 bridgehead atoms. The van der Waals surface area contributed by atoms with Gasteiger partial charge in [0, 0.05) is 6.92 Å². The van der Waals surface area contributed by atoms with Crippen LogP contribution in [0.3, 0.4) is 0 Å². The van der Waals surface area contributed by atoms with Gasteiger partial charge in [0.2, 0.25) is 0 Å². The van der Waals surface area contributed by atoms with E-state index in [9.17, 15) is 9.59 Å². The van der Waals surface area contributed by atoms with Crippen LogP contribution in [0.1, 0.15) is 39.0 Å². The second-order valence-electron chi connectivity index (χ2n) is 4.24. The van der Waals surface area contributed by atoms with Crippen molar-refractivity contribution in [3.05, 3.63) is 46.8 Å². The summed E-state index contributed by atoms with van der Waals surface area (Å²) in [6.07, 6.45) is 0. The molecular weight excluding hydrogens is 246 g/mol. The zero-order chi connectivity index (χ0) is 14.0. The largest absolute Gasteiger partial charge is 0.478 e. The van der Waals surface area contributed by atoms with Crippen LogP contribution in [0, 0.1) is 6.92 Å². The normalized spacial score (nSPS) is 10.4. The lowest BCUT2D eigenvalue weighted by Crippen LogP contribution is -2.05. The molecule has 0 aliphatic carbocycles. The van der Waals surface area contributed by atoms with Gasteiger partial charge in [0.25, 0.3) is 0 Å². The highest BCUT2D eigenvalue weighted by Gasteiger charge is 2.12. The van der Waals surface area contributed by atoms with Crippen molar-refractivity contribution in [3.8, 4) is 0 Å². The topological polar surface area (TPSA) is 85.1 Å². The Morgan fingerprint density at radius 3 is 2.37 bits per heavy atom. The Morgan fingerprint density at radius 1 is 1.26 bits per heavy atom. The van der Waals surface area contributed by atoms with Crippen LogP contribution in [0.5, 0.6) is 0 Å². The van der Waals surface area contributed by atoms with E-state index in [0.717, 1.165) is 5.56 Å². The zero-order valence-corrected chi connectivity index (χ0v) is 10.6. The number of hydrogen-bond donors (Lipinski definition) is 1. The van der Waals surface area contributed by atoms with Gasteiger partial charge in [-0.15, -0.1) is 5.10 Å². The van der Waals surface area contributed by atoms with Crippen molar-refractivity contribution in [2.75, 3.05) is 0 Å². The minimum atomic E-state index is -0.956. The monoisotopic (exact) mass is 259 g/mol. The number of carboxylic acids is 1. The summed E-state index contributed by atoms with van der Waals surface area (Å²) in [6, 6.07) is 6.52. The van der Waals surface area contributed by atoms with Crippen LogP contribution in [-0.4, -0.2) is 31.9 Å². The highest BCUT2D eigenvalue weighted by molar-refractivity contribution is 5.92. The second-order valence-corrected chi connectivity index (χ2v) is 4.24. The molecule has 0 fully saturated rings. The second kappa shape index (κ2) is 5.01. The number of carbonyl (C=O) groups is 2. The van der Waals surface area contributed by atoms with Crippen molar-refractivity contribution < 1.29 is 14.7 Å². The molecule has 2 aromatic rings. The van der Waals surface area contributed by atoms with Gasteiger partial charge >= 0.3 is 5.97 Å². The Hall–Kier alpha value is -2.50. The van der Waals surface area contributed by atoms with Crippen molar-refractivity contribution in [2.45, 2.75) is 20.4 Å². The van der Waals surface area contributed by atoms with Crippen LogP contribution in [0.2, 0.25) is 0 Å². The lowest BCUT2D eigenvalue weighted by Gasteiger charge is -2.04. The average Bonchev–Trinajstić information content (AvgIpc) is 2.72. The van der Waals surface area contributed by atoms with E-state index in [-0.39, 0.29) is 11.3 Å². The molecule has 98 valence electrons. The van der Waals surface area contributed by atoms with Crippen LogP contribution in [0.25, 0.3) is 0 Å². The predicted octanol–water partition coefficient (Wildman–Crippen LogP) is 1.54. The zero-order valence-electron chi connectivity index (χ0n) is 10.6. The van der Waals surface area contributed by atoms with Gasteiger partial charge in [0.1, 0.15) is 0 Å². The number of Topliss-reactive ketones (excluding diaryl/α,β-unsaturated/α-hetero) is 1. The number of rotatable bonds is 4. The first-order valence-electron chi connectivity index (χ1n) is 5.72. The fourth-order valence-electron chi connectivity index (χ4n) is 1.76. The molecular formula is C13H13N3O3. The summed E-state index contributed by atoms with van der Waals surface area (Å²) in [4.78, 5) is 22.0. The maximum Gasteiger partial charge on any atom is 0.335 e. The number of aromatic carboxylic acids is 1. The quantitative estimate of drug-likeness (QED) is 0.842. The van der Waals surface area contributed by atoms with Gasteiger partial charge in [-0.05, 0) is 24.6 Å². The van der Waals surface area contributed by atoms with Gasteiger partial charge < -0.3 is 5.11 Å². The number of benzene rings is 1. The van der Waals surface area contributed by atoms with E-state index in [1.165, 1.54) is 19.1 Å². The maximum absolute atomic E-state index is 11.3. The molecule has 1 aromatic heterocycles. The molecule has 0 amide bonds. The van der Waals surface area contributed by atoms with Gasteiger partial charge in [0.05, 0.1) is 17.8 Å². The van der Waals surface area contributed by atoms with E-state index < -0.39 is 5.97 Å². The van der Waals surface area contributed by atoms with Crippen molar-refractivity contribution in [1.29, 1.82) is 0 Å². The Labute approximate surface area is 109 Å². The summed E-state index contributed by atoms with van der Waals surface area (Å²) >= 11 is 0. The van der Waals surface area contributed by atoms with E-state index in [1.54, 1.807) is 23.7 Å². The van der Waals surface area contributed by atoms with Crippen LogP contribution in [0.15, 0.2) is 24.3 Å². The summed E-state index contributed by atoms with van der Waals surface area (Å²) in [5.74, 6) is -1.08. The third-order valence-electron chi connectivity index (χ3n) is 2.85. The summed E-state index contributed by atoms with van der Waals surface area (Å²) in [5, 5.41) is 16.6. The number of aromatic nitrogens is 3. The molecule has 19 heavy (non-hydrogen) atoms. The van der Waals surface area contributed by atoms with Crippen LogP contribution in [0.4, 0.5) is 0 Å². The third kappa shape index (κ3) is 2.67. The first-order chi connectivity index (χ1) is 8.99. The molecule has 0 spiro atoms. The molecule has 0 saturated heterocycles. The average molecular weight is 259 g/mol. The van der Waals surface area contributed by atoms with Crippen molar-refractivity contribution in [1.82, 2.24) is 15.0 Å². The van der Waals surface area contributed by atoms with Crippen LogP contribution < -0.4 is 0 Å². The molecule has 6 nitrogen and oxygen atoms in total. The van der Waals surface area contributed by atoms with Gasteiger partial charge in [-0.3, -0.25) is 4.79 Å². The predicted molar refractivity (Wildman–Crippen MR) is 67.3 cm³/mol. The summed E-state index contributed by atoms with van der Waals surface area (Å²) in [6.45, 7) is 3.68. The Kier molecular flexibility index (Phi) is 3.41. The standard InChI is InChI=1S/C13H13N3O3/c1-8-12(9(2)17)14-15-16(8)7-10-3-5-11(6-4-10)13(18)19/h3-6H,7H2,1-2H3,(H,18,19). The van der Waals surface area contributed by atoms with Crippen LogP contribution >= 0.6 is 0 Å². The fraction of sp³-hybridized carbons (Fsp3) is 0.231. The molecule has 0 unspecified atom stereocenters. The first kappa shape index (κ1) is 12.9. The van der Waals surface area contributed by atoms with Crippen molar-refractivity contribution >= 4 is 11.8 Å². The van der Waals surface area contributed by atoms with Crippen LogP contribution in [-0.2, 0) is 6.54 Å². The number of ketones is 1. The summed E-state index contributed by atoms with van der Waals surface area (Å²) < 4.78 is 1.62. The number of carboxylic acid groups (broad SMARTS) is 1. The summed E-state index contributed by atoms with van der Waals surface area (Å²) in [5.41, 5.74) is 2.20. The van der Waals surface area contributed by atoms with E-state index in [0.29, 0.717) is 17.9 Å². The third-order valence-corrected chi connectivity index (χ3v) is 2.85. The van der Waals surface area contributed by atoms with Gasteiger partial charge in [-0.25, -0.2) is 9.48 Å². The molecule has 0 aliphatic heterocycles. The summed E-state index contributed by atoms with van der Waals surface area (Å²) in [7, 11) is 0. The molecule has 0 saturated carbocycles. The lowest BCUT2D eigenvalue weighted by molar-refractivity contribution is 0.0696. The van der Waals surface area contributed by atoms with E-state index in [4.69, 9.17) is 5.11 Å². The Morgan fingerprint density at radius 2 is 1.89 bits per heavy atom. The maximum atomic E-state index is 11.3. The number of hydrogen-bond acceptors (Lipinski definition) is 4. The van der Waals surface area contributed by atoms with Crippen molar-refractivity contribution in [3.63, 3.8) is 0 Å². The van der Waals surface area contributed by atoms with Crippen molar-refractivity contribution in [2.24, 2.45) is 0 Å². The SMILES string of the molecule is CC(=O)c1nnn(Cc2ccc(C(=O)O)cc2)c1C. The molecule has 2 rings (SSSR count). The van der Waals surface area contributed by atoms with Gasteiger partial charge in [-0.2, -0.15) is 0 Å². The van der Waals surface area contributed by atoms with E-state index in [1.807, 2.05) is 0 Å². The fourth-order valence-corrected chi connectivity index (χ4v) is 1.76. The molecule has 1 aromatic carbocycles. The minimum Gasteiger partial charge on any atom is -0.478 e. The molecule has 6 heteroatoms. The Bertz CT molecular complexity index is 629. The molecule has 1 heterocycles. The van der Waals surface area contributed by atoms with E-state index in [2.05, 4.69) is 10.3 Å². The molecule has 1 N–H and O–H groups in total. The smallest absolute Gasteiger partial charge is 0.335 e. The van der Waals surface area contributed by atoms with E-state index >= 15 is 0 Å².